The van der Waals surface area contributed by atoms with Gasteiger partial charge in [0.2, 0.25) is 0 Å². The zero-order valence-corrected chi connectivity index (χ0v) is 25.3. The molecular weight excluding hydrogens is 514 g/mol. The monoisotopic (exact) mass is 561 g/mol. The number of likely N-dealkylation sites (N-methyl/N-ethyl adjacent to an activating group) is 1. The van der Waals surface area contributed by atoms with Gasteiger partial charge in [-0.1, -0.05) is 40.5 Å². The van der Waals surface area contributed by atoms with Crippen molar-refractivity contribution in [2.45, 2.75) is 78.4 Å². The number of carbonyl (C=O) groups excluding carboxylic acids is 2. The molecule has 0 aliphatic rings. The summed E-state index contributed by atoms with van der Waals surface area (Å²) in [4.78, 5) is 36.0. The number of hydrogen-bond acceptors (Lipinski definition) is 8. The number of hydrogen-bond donors (Lipinski definition) is 5. The number of urea groups is 1. The van der Waals surface area contributed by atoms with E-state index in [0.717, 1.165) is 38.9 Å². The predicted octanol–water partition coefficient (Wildman–Crippen LogP) is 4.39. The molecule has 0 bridgehead atoms. The van der Waals surface area contributed by atoms with Gasteiger partial charge in [-0.15, -0.1) is 0 Å². The van der Waals surface area contributed by atoms with Crippen LogP contribution in [0.4, 0.5) is 10.5 Å². The molecular formula is C28H47N7O3S. The number of nitrogens with zero attached hydrogens (tertiary/aromatic N) is 3. The van der Waals surface area contributed by atoms with Crippen LogP contribution in [-0.4, -0.2) is 77.3 Å². The summed E-state index contributed by atoms with van der Waals surface area (Å²) in [6.45, 7) is 16.9. The van der Waals surface area contributed by atoms with E-state index in [4.69, 9.17) is 4.74 Å². The Balaban J connectivity index is 1.85. The Kier molecular flexibility index (Phi) is 13.4. The molecule has 39 heavy (non-hydrogen) atoms. The van der Waals surface area contributed by atoms with Crippen molar-refractivity contribution >= 4 is 41.5 Å². The normalized spacial score (nSPS) is 14.6. The van der Waals surface area contributed by atoms with E-state index in [-0.39, 0.29) is 28.8 Å². The van der Waals surface area contributed by atoms with Gasteiger partial charge in [0, 0.05) is 37.5 Å². The molecule has 3 amide bonds. The second-order valence-corrected chi connectivity index (χ2v) is 10.5. The quantitative estimate of drug-likeness (QED) is 0.182. The van der Waals surface area contributed by atoms with Crippen LogP contribution in [0.3, 0.4) is 0 Å². The standard InChI is InChI=1S/C28H47N7O3S/c1-7-27(5,34-39)14-18-38-28(6,8-2)13-15-30-26(37)32-21-11-12-22-23(19-21)31-20-24(33-22)25(36)29-16-17-35(9-3)10-4/h11-12,19-20,34,39H,7-10,13-18H2,1-6H3,(H,29,36)(H2,30,32,37). The van der Waals surface area contributed by atoms with Gasteiger partial charge in [0.1, 0.15) is 5.69 Å². The van der Waals surface area contributed by atoms with Crippen LogP contribution >= 0.6 is 12.8 Å². The van der Waals surface area contributed by atoms with Crippen molar-refractivity contribution in [2.75, 3.05) is 44.6 Å². The molecule has 0 spiro atoms. The average Bonchev–Trinajstić information content (AvgIpc) is 2.94. The van der Waals surface area contributed by atoms with Gasteiger partial charge in [0.15, 0.2) is 0 Å². The Morgan fingerprint density at radius 2 is 1.74 bits per heavy atom. The van der Waals surface area contributed by atoms with Crippen molar-refractivity contribution in [3.63, 3.8) is 0 Å². The van der Waals surface area contributed by atoms with Crippen LogP contribution in [0.15, 0.2) is 24.4 Å². The van der Waals surface area contributed by atoms with Gasteiger partial charge in [0.25, 0.3) is 5.91 Å². The van der Waals surface area contributed by atoms with E-state index in [9.17, 15) is 9.59 Å². The number of thiol groups is 1. The van der Waals surface area contributed by atoms with Gasteiger partial charge in [0.05, 0.1) is 22.8 Å². The average molecular weight is 562 g/mol. The van der Waals surface area contributed by atoms with Crippen LogP contribution in [0.25, 0.3) is 11.0 Å². The maximum absolute atomic E-state index is 12.5. The topological polar surface area (TPSA) is 121 Å². The first kappa shape index (κ1) is 32.7. The lowest BCUT2D eigenvalue weighted by atomic mass is 9.95. The second kappa shape index (κ2) is 16.0. The lowest BCUT2D eigenvalue weighted by Gasteiger charge is -2.32. The Hall–Kier alpha value is -2.47. The van der Waals surface area contributed by atoms with Gasteiger partial charge < -0.3 is 25.6 Å². The van der Waals surface area contributed by atoms with E-state index in [0.29, 0.717) is 42.8 Å². The minimum absolute atomic E-state index is 0.0702. The SMILES string of the molecule is CCN(CC)CCNC(=O)c1cnc2cc(NC(=O)NCCC(C)(CC)OCCC(C)(CC)NS)ccc2n1. The van der Waals surface area contributed by atoms with Crippen molar-refractivity contribution in [3.8, 4) is 0 Å². The van der Waals surface area contributed by atoms with Gasteiger partial charge in [-0.2, -0.15) is 0 Å². The number of benzene rings is 1. The minimum Gasteiger partial charge on any atom is -0.375 e. The van der Waals surface area contributed by atoms with E-state index >= 15 is 0 Å². The molecule has 4 N–H and O–H groups in total. The number of aromatic nitrogens is 2. The number of rotatable bonds is 17. The van der Waals surface area contributed by atoms with E-state index in [1.54, 1.807) is 18.2 Å². The molecule has 0 radical (unpaired) electrons. The Labute approximate surface area is 239 Å². The van der Waals surface area contributed by atoms with Crippen LogP contribution in [0.5, 0.6) is 0 Å². The molecule has 2 aromatic rings. The van der Waals surface area contributed by atoms with E-state index < -0.39 is 0 Å². The summed E-state index contributed by atoms with van der Waals surface area (Å²) < 4.78 is 9.27. The van der Waals surface area contributed by atoms with Crippen molar-refractivity contribution < 1.29 is 14.3 Å². The third-order valence-electron chi connectivity index (χ3n) is 7.48. The fraction of sp³-hybridized carbons (Fsp3) is 0.643. The number of amides is 3. The number of ether oxygens (including phenoxy) is 1. The number of nitrogens with one attached hydrogen (secondary N) is 4. The molecule has 0 aliphatic heterocycles. The summed E-state index contributed by atoms with van der Waals surface area (Å²) in [5.41, 5.74) is 1.64. The highest BCUT2D eigenvalue weighted by Gasteiger charge is 2.26. The molecule has 0 fully saturated rings. The largest absolute Gasteiger partial charge is 0.375 e. The van der Waals surface area contributed by atoms with Gasteiger partial charge >= 0.3 is 6.03 Å². The zero-order chi connectivity index (χ0) is 28.9. The smallest absolute Gasteiger partial charge is 0.319 e. The van der Waals surface area contributed by atoms with Crippen LogP contribution in [0.2, 0.25) is 0 Å². The predicted molar refractivity (Wildman–Crippen MR) is 161 cm³/mol. The Bertz CT molecular complexity index is 1060. The first-order chi connectivity index (χ1) is 18.6. The summed E-state index contributed by atoms with van der Waals surface area (Å²) in [6.07, 6.45) is 4.80. The molecule has 2 atom stereocenters. The number of carbonyl (C=O) groups is 2. The van der Waals surface area contributed by atoms with E-state index in [1.807, 2.05) is 0 Å². The minimum atomic E-state index is -0.327. The number of fused-ring (bicyclic) bond motifs is 1. The third kappa shape index (κ3) is 10.6. The maximum Gasteiger partial charge on any atom is 0.319 e. The Morgan fingerprint density at radius 1 is 1.00 bits per heavy atom. The van der Waals surface area contributed by atoms with Crippen molar-refractivity contribution in [3.05, 3.63) is 30.1 Å². The summed E-state index contributed by atoms with van der Waals surface area (Å²) >= 11 is 4.24. The van der Waals surface area contributed by atoms with Crippen LogP contribution < -0.4 is 20.7 Å². The molecule has 10 nitrogen and oxygen atoms in total. The zero-order valence-electron chi connectivity index (χ0n) is 24.4. The summed E-state index contributed by atoms with van der Waals surface area (Å²) in [6, 6.07) is 4.93. The molecule has 0 aliphatic carbocycles. The van der Waals surface area contributed by atoms with Crippen molar-refractivity contribution in [1.82, 2.24) is 30.2 Å². The summed E-state index contributed by atoms with van der Waals surface area (Å²) in [5, 5.41) is 8.65. The second-order valence-electron chi connectivity index (χ2n) is 10.3. The molecule has 1 aromatic heterocycles. The molecule has 1 heterocycles. The van der Waals surface area contributed by atoms with Gasteiger partial charge in [-0.05, 0) is 70.8 Å². The molecule has 11 heteroatoms. The van der Waals surface area contributed by atoms with E-state index in [2.05, 4.69) is 89.9 Å². The highest BCUT2D eigenvalue weighted by molar-refractivity contribution is 7.78. The first-order valence-electron chi connectivity index (χ1n) is 14.0. The molecule has 2 unspecified atom stereocenters. The fourth-order valence-electron chi connectivity index (χ4n) is 3.96. The molecule has 1 aromatic carbocycles. The highest BCUT2D eigenvalue weighted by Crippen LogP contribution is 2.23. The molecule has 0 saturated heterocycles. The molecule has 218 valence electrons. The Morgan fingerprint density at radius 3 is 2.38 bits per heavy atom. The van der Waals surface area contributed by atoms with E-state index in [1.165, 1.54) is 6.20 Å². The third-order valence-corrected chi connectivity index (χ3v) is 8.02. The first-order valence-corrected chi connectivity index (χ1v) is 14.4. The lowest BCUT2D eigenvalue weighted by Crippen LogP contribution is -2.40. The molecule has 0 saturated carbocycles. The van der Waals surface area contributed by atoms with Crippen molar-refractivity contribution in [1.29, 1.82) is 0 Å². The molecule has 2 rings (SSSR count). The maximum atomic E-state index is 12.5. The fourth-order valence-corrected chi connectivity index (χ4v) is 4.23. The highest BCUT2D eigenvalue weighted by atomic mass is 32.1. The van der Waals surface area contributed by atoms with Crippen LogP contribution in [-0.2, 0) is 4.74 Å². The lowest BCUT2D eigenvalue weighted by molar-refractivity contribution is -0.0458. The van der Waals surface area contributed by atoms with Crippen LogP contribution in [0.1, 0.15) is 77.7 Å². The summed E-state index contributed by atoms with van der Waals surface area (Å²) in [5.74, 6) is -0.251. The summed E-state index contributed by atoms with van der Waals surface area (Å²) in [7, 11) is 0. The van der Waals surface area contributed by atoms with Crippen LogP contribution in [0, 0.1) is 0 Å². The number of anilines is 1. The van der Waals surface area contributed by atoms with Gasteiger partial charge in [-0.25, -0.2) is 9.78 Å². The van der Waals surface area contributed by atoms with Gasteiger partial charge in [-0.3, -0.25) is 14.5 Å². The van der Waals surface area contributed by atoms with Crippen molar-refractivity contribution in [2.24, 2.45) is 0 Å².